The number of nitrogens with zero attached hydrogens (tertiary/aromatic N) is 3. The van der Waals surface area contributed by atoms with Crippen molar-refractivity contribution in [2.24, 2.45) is 5.10 Å². The Hall–Kier alpha value is -2.98. The van der Waals surface area contributed by atoms with Gasteiger partial charge in [0.2, 0.25) is 0 Å². The Bertz CT molecular complexity index is 926. The molecule has 2 aromatic rings. The summed E-state index contributed by atoms with van der Waals surface area (Å²) in [6.07, 6.45) is 3.66. The Morgan fingerprint density at radius 2 is 1.97 bits per heavy atom. The van der Waals surface area contributed by atoms with E-state index in [4.69, 9.17) is 9.47 Å². The first kappa shape index (κ1) is 23.7. The van der Waals surface area contributed by atoms with E-state index in [-0.39, 0.29) is 30.3 Å². The smallest absolute Gasteiger partial charge is 0.258 e. The van der Waals surface area contributed by atoms with Crippen LogP contribution in [0.2, 0.25) is 0 Å². The lowest BCUT2D eigenvalue weighted by atomic mass is 10.2. The largest absolute Gasteiger partial charge is 0.484 e. The minimum Gasteiger partial charge on any atom is -0.484 e. The number of hydrogen-bond donors (Lipinski definition) is 2. The number of hydrazone groups is 1. The summed E-state index contributed by atoms with van der Waals surface area (Å²) in [5.74, 6) is 0.311. The topological polar surface area (TPSA) is 115 Å². The molecule has 0 bridgehead atoms. The number of aryl methyl sites for hydroxylation is 2. The summed E-state index contributed by atoms with van der Waals surface area (Å²) < 4.78 is 11.0. The van der Waals surface area contributed by atoms with Crippen LogP contribution in [0.4, 0.5) is 0 Å². The van der Waals surface area contributed by atoms with Gasteiger partial charge < -0.3 is 14.8 Å². The average molecular weight is 458 g/mol. The van der Waals surface area contributed by atoms with Crippen molar-refractivity contribution in [3.8, 4) is 5.75 Å². The number of nitrogens with one attached hydrogen (secondary N) is 2. The first-order valence-electron chi connectivity index (χ1n) is 10.4. The molecule has 1 aliphatic heterocycles. The minimum atomic E-state index is -0.247. The second kappa shape index (κ2) is 12.2. The molecule has 1 unspecified atom stereocenters. The highest BCUT2D eigenvalue weighted by Gasteiger charge is 2.16. The summed E-state index contributed by atoms with van der Waals surface area (Å²) in [5.41, 5.74) is 5.00. The number of aromatic nitrogens is 2. The van der Waals surface area contributed by atoms with E-state index in [1.807, 2.05) is 19.9 Å². The van der Waals surface area contributed by atoms with Gasteiger partial charge in [0.1, 0.15) is 5.75 Å². The van der Waals surface area contributed by atoms with E-state index in [0.29, 0.717) is 17.5 Å². The molecule has 170 valence electrons. The van der Waals surface area contributed by atoms with Crippen LogP contribution in [0.15, 0.2) is 40.6 Å². The summed E-state index contributed by atoms with van der Waals surface area (Å²) in [4.78, 5) is 32.4. The number of amides is 2. The first-order chi connectivity index (χ1) is 15.5. The lowest BCUT2D eigenvalue weighted by Gasteiger charge is -2.11. The Morgan fingerprint density at radius 1 is 1.22 bits per heavy atom. The van der Waals surface area contributed by atoms with Crippen LogP contribution in [0.5, 0.6) is 5.75 Å². The zero-order chi connectivity index (χ0) is 22.8. The zero-order valence-corrected chi connectivity index (χ0v) is 19.0. The molecule has 2 N–H and O–H groups in total. The lowest BCUT2D eigenvalue weighted by molar-refractivity contribution is -0.123. The fraction of sp³-hybridized carbons (Fsp3) is 0.409. The maximum Gasteiger partial charge on any atom is 0.258 e. The van der Waals surface area contributed by atoms with Crippen molar-refractivity contribution in [3.63, 3.8) is 0 Å². The highest BCUT2D eigenvalue weighted by atomic mass is 32.2. The normalized spacial score (nSPS) is 15.6. The second-order valence-corrected chi connectivity index (χ2v) is 8.25. The van der Waals surface area contributed by atoms with E-state index in [2.05, 4.69) is 25.8 Å². The van der Waals surface area contributed by atoms with Crippen LogP contribution in [0.1, 0.15) is 29.8 Å². The number of thioether (sulfide) groups is 1. The molecule has 1 aliphatic rings. The van der Waals surface area contributed by atoms with Crippen LogP contribution in [0.3, 0.4) is 0 Å². The molecule has 32 heavy (non-hydrogen) atoms. The van der Waals surface area contributed by atoms with Crippen LogP contribution in [-0.2, 0) is 14.3 Å². The van der Waals surface area contributed by atoms with Crippen LogP contribution in [0, 0.1) is 13.8 Å². The van der Waals surface area contributed by atoms with Gasteiger partial charge >= 0.3 is 0 Å². The van der Waals surface area contributed by atoms with Crippen LogP contribution in [-0.4, -0.2) is 59.6 Å². The van der Waals surface area contributed by atoms with Crippen LogP contribution >= 0.6 is 11.8 Å². The number of ether oxygens (including phenoxy) is 2. The summed E-state index contributed by atoms with van der Waals surface area (Å²) in [6.45, 7) is 5.00. The standard InChI is InChI=1S/C22H27N5O4S/c1-15-10-16(2)26-22(25-15)32-14-21(29)27-24-11-17-5-7-18(8-6-17)31-13-20(28)23-12-19-4-3-9-30-19/h5-8,10-11,19H,3-4,9,12-14H2,1-2H3,(H,23,28)(H,27,29)/b24-11+. The lowest BCUT2D eigenvalue weighted by Crippen LogP contribution is -2.35. The Balaban J connectivity index is 1.35. The monoisotopic (exact) mass is 457 g/mol. The molecule has 1 aromatic carbocycles. The summed E-state index contributed by atoms with van der Waals surface area (Å²) in [6, 6.07) is 8.93. The molecule has 3 rings (SSSR count). The average Bonchev–Trinajstić information content (AvgIpc) is 3.29. The molecule has 0 saturated carbocycles. The second-order valence-electron chi connectivity index (χ2n) is 7.31. The van der Waals surface area contributed by atoms with E-state index >= 15 is 0 Å². The number of carbonyl (C=O) groups excluding carboxylic acids is 2. The van der Waals surface area contributed by atoms with Crippen molar-refractivity contribution >= 4 is 29.8 Å². The third-order valence-electron chi connectivity index (χ3n) is 4.50. The van der Waals surface area contributed by atoms with E-state index in [9.17, 15) is 9.59 Å². The predicted molar refractivity (Wildman–Crippen MR) is 122 cm³/mol. The summed E-state index contributed by atoms with van der Waals surface area (Å²) in [7, 11) is 0. The molecule has 1 atom stereocenters. The van der Waals surface area contributed by atoms with Crippen molar-refractivity contribution in [2.45, 2.75) is 37.9 Å². The number of carbonyl (C=O) groups is 2. The Labute approximate surface area is 191 Å². The molecule has 0 aliphatic carbocycles. The quantitative estimate of drug-likeness (QED) is 0.243. The molecule has 10 heteroatoms. The molecule has 0 spiro atoms. The van der Waals surface area contributed by atoms with Gasteiger partial charge in [-0.2, -0.15) is 5.10 Å². The van der Waals surface area contributed by atoms with Crippen molar-refractivity contribution in [2.75, 3.05) is 25.5 Å². The third-order valence-corrected chi connectivity index (χ3v) is 5.35. The SMILES string of the molecule is Cc1cc(C)nc(SCC(=O)N/N=C/c2ccc(OCC(=O)NCC3CCCO3)cc2)n1. The summed E-state index contributed by atoms with van der Waals surface area (Å²) in [5, 5.41) is 7.34. The van der Waals surface area contributed by atoms with Gasteiger partial charge in [-0.25, -0.2) is 15.4 Å². The molecule has 1 saturated heterocycles. The molecular weight excluding hydrogens is 430 g/mol. The number of benzene rings is 1. The van der Waals surface area contributed by atoms with Crippen molar-refractivity contribution < 1.29 is 19.1 Å². The molecule has 9 nitrogen and oxygen atoms in total. The van der Waals surface area contributed by atoms with E-state index in [1.54, 1.807) is 24.3 Å². The summed E-state index contributed by atoms with van der Waals surface area (Å²) >= 11 is 1.26. The molecule has 1 aromatic heterocycles. The first-order valence-corrected chi connectivity index (χ1v) is 11.3. The van der Waals surface area contributed by atoms with Crippen LogP contribution < -0.4 is 15.5 Å². The number of hydrogen-bond acceptors (Lipinski definition) is 8. The third kappa shape index (κ3) is 8.27. The van der Waals surface area contributed by atoms with Gasteiger partial charge in [0, 0.05) is 24.5 Å². The zero-order valence-electron chi connectivity index (χ0n) is 18.2. The van der Waals surface area contributed by atoms with Crippen molar-refractivity contribution in [3.05, 3.63) is 47.3 Å². The molecule has 2 heterocycles. The maximum absolute atomic E-state index is 11.9. The minimum absolute atomic E-state index is 0.0575. The molecule has 0 radical (unpaired) electrons. The van der Waals surface area contributed by atoms with Gasteiger partial charge in [-0.3, -0.25) is 9.59 Å². The van der Waals surface area contributed by atoms with Gasteiger partial charge in [0.15, 0.2) is 11.8 Å². The Kier molecular flexibility index (Phi) is 9.00. The van der Waals surface area contributed by atoms with Gasteiger partial charge in [-0.15, -0.1) is 0 Å². The van der Waals surface area contributed by atoms with E-state index in [0.717, 1.165) is 36.4 Å². The van der Waals surface area contributed by atoms with E-state index < -0.39 is 0 Å². The van der Waals surface area contributed by atoms with Crippen molar-refractivity contribution in [1.29, 1.82) is 0 Å². The number of rotatable bonds is 10. The molecule has 1 fully saturated rings. The highest BCUT2D eigenvalue weighted by molar-refractivity contribution is 7.99. The fourth-order valence-corrected chi connectivity index (χ4v) is 3.72. The highest BCUT2D eigenvalue weighted by Crippen LogP contribution is 2.14. The van der Waals surface area contributed by atoms with Gasteiger partial charge in [0.25, 0.3) is 11.8 Å². The molecule has 2 amide bonds. The predicted octanol–water partition coefficient (Wildman–Crippen LogP) is 2.01. The van der Waals surface area contributed by atoms with Crippen molar-refractivity contribution in [1.82, 2.24) is 20.7 Å². The maximum atomic E-state index is 11.9. The van der Waals surface area contributed by atoms with Gasteiger partial charge in [0.05, 0.1) is 18.1 Å². The fourth-order valence-electron chi connectivity index (χ4n) is 2.98. The molecular formula is C22H27N5O4S. The van der Waals surface area contributed by atoms with Gasteiger partial charge in [-0.1, -0.05) is 11.8 Å². The van der Waals surface area contributed by atoms with Crippen LogP contribution in [0.25, 0.3) is 0 Å². The van der Waals surface area contributed by atoms with Gasteiger partial charge in [-0.05, 0) is 62.6 Å². The Morgan fingerprint density at radius 3 is 2.66 bits per heavy atom. The van der Waals surface area contributed by atoms with E-state index in [1.165, 1.54) is 18.0 Å².